The maximum atomic E-state index is 13.6. The van der Waals surface area contributed by atoms with Gasteiger partial charge in [0.15, 0.2) is 17.3 Å². The maximum absolute atomic E-state index is 13.6. The molecule has 4 rings (SSSR count). The molecule has 2 N–H and O–H groups in total. The normalized spacial score (nSPS) is 20.2. The summed E-state index contributed by atoms with van der Waals surface area (Å²) in [7, 11) is 1.42. The number of phenolic OH excluding ortho intramolecular Hbond substituents is 1. The van der Waals surface area contributed by atoms with Crippen LogP contribution < -0.4 is 10.1 Å². The van der Waals surface area contributed by atoms with Gasteiger partial charge in [-0.1, -0.05) is 41.9 Å². The van der Waals surface area contributed by atoms with Gasteiger partial charge in [-0.25, -0.2) is 4.79 Å². The van der Waals surface area contributed by atoms with Gasteiger partial charge in [0, 0.05) is 29.3 Å². The first-order chi connectivity index (χ1) is 16.2. The van der Waals surface area contributed by atoms with Crippen molar-refractivity contribution >= 4 is 23.4 Å². The predicted octanol–water partition coefficient (Wildman–Crippen LogP) is 5.37. The van der Waals surface area contributed by atoms with Crippen LogP contribution >= 0.6 is 11.6 Å². The maximum Gasteiger partial charge on any atom is 0.337 e. The number of methoxy groups -OCH3 is 1. The minimum absolute atomic E-state index is 0.0375. The summed E-state index contributed by atoms with van der Waals surface area (Å²) in [4.78, 5) is 26.8. The molecule has 1 aliphatic carbocycles. The van der Waals surface area contributed by atoms with Crippen molar-refractivity contribution in [3.63, 3.8) is 0 Å². The first-order valence-electron chi connectivity index (χ1n) is 11.3. The minimum Gasteiger partial charge on any atom is -0.503 e. The second-order valence-electron chi connectivity index (χ2n) is 8.94. The number of hydrogen-bond acceptors (Lipinski definition) is 6. The zero-order chi connectivity index (χ0) is 24.6. The average molecular weight is 482 g/mol. The number of esters is 1. The lowest BCUT2D eigenvalue weighted by atomic mass is 9.71. The van der Waals surface area contributed by atoms with Gasteiger partial charge in [0.05, 0.1) is 23.8 Å². The van der Waals surface area contributed by atoms with Crippen LogP contribution in [0.3, 0.4) is 0 Å². The summed E-state index contributed by atoms with van der Waals surface area (Å²) in [5, 5.41) is 13.7. The molecular weight excluding hydrogens is 454 g/mol. The molecule has 0 radical (unpaired) electrons. The highest BCUT2D eigenvalue weighted by Crippen LogP contribution is 2.48. The number of Topliss-reactive ketones (excluding diaryl/α,β-unsaturated/α-hetero) is 1. The van der Waals surface area contributed by atoms with Crippen LogP contribution in [-0.4, -0.2) is 30.1 Å². The van der Waals surface area contributed by atoms with Gasteiger partial charge in [-0.05, 0) is 56.4 Å². The lowest BCUT2D eigenvalue weighted by Crippen LogP contribution is -2.36. The fraction of sp³-hybridized carbons (Fsp3) is 0.333. The molecule has 1 heterocycles. The van der Waals surface area contributed by atoms with E-state index in [2.05, 4.69) is 5.32 Å². The molecular formula is C27H28ClNO5. The fourth-order valence-corrected chi connectivity index (χ4v) is 5.02. The van der Waals surface area contributed by atoms with Crippen LogP contribution in [0.1, 0.15) is 56.6 Å². The topological polar surface area (TPSA) is 84.9 Å². The molecule has 0 saturated heterocycles. The number of phenols is 1. The number of ether oxygens (including phenoxy) is 2. The van der Waals surface area contributed by atoms with E-state index >= 15 is 0 Å². The third-order valence-electron chi connectivity index (χ3n) is 6.27. The van der Waals surface area contributed by atoms with Crippen LogP contribution in [0.5, 0.6) is 11.5 Å². The summed E-state index contributed by atoms with van der Waals surface area (Å²) in [6, 6.07) is 13.1. The molecule has 0 bridgehead atoms. The Kier molecular flexibility index (Phi) is 6.71. The Morgan fingerprint density at radius 1 is 1.15 bits per heavy atom. The van der Waals surface area contributed by atoms with Gasteiger partial charge in [-0.3, -0.25) is 4.79 Å². The molecule has 0 spiro atoms. The fourth-order valence-electron chi connectivity index (χ4n) is 4.80. The lowest BCUT2D eigenvalue weighted by Gasteiger charge is -2.37. The summed E-state index contributed by atoms with van der Waals surface area (Å²) in [5.74, 6) is -1.23. The van der Waals surface area contributed by atoms with E-state index in [1.165, 1.54) is 7.11 Å². The van der Waals surface area contributed by atoms with E-state index in [9.17, 15) is 14.7 Å². The van der Waals surface area contributed by atoms with Crippen LogP contribution in [0.25, 0.3) is 0 Å². The molecule has 0 unspecified atom stereocenters. The summed E-state index contributed by atoms with van der Waals surface area (Å²) in [6.07, 6.45) is 0.635. The molecule has 0 fully saturated rings. The van der Waals surface area contributed by atoms with Crippen LogP contribution in [0, 0.1) is 0 Å². The Balaban J connectivity index is 1.86. The summed E-state index contributed by atoms with van der Waals surface area (Å²) in [5.41, 5.74) is 3.97. The van der Waals surface area contributed by atoms with E-state index in [4.69, 9.17) is 21.1 Å². The third-order valence-corrected chi connectivity index (χ3v) is 6.55. The van der Waals surface area contributed by atoms with Gasteiger partial charge >= 0.3 is 5.97 Å². The first-order valence-corrected chi connectivity index (χ1v) is 11.6. The SMILES string of the molecule is COc1cc([C@@H]2C(C(=O)OC(C)C)=C(C)NC3=C2C(=O)C[C@H](c2ccccc2)C3)cc(Cl)c1O. The molecule has 6 nitrogen and oxygen atoms in total. The second-order valence-corrected chi connectivity index (χ2v) is 9.34. The molecule has 0 aromatic heterocycles. The molecule has 1 aliphatic heterocycles. The summed E-state index contributed by atoms with van der Waals surface area (Å²) >= 11 is 6.30. The molecule has 34 heavy (non-hydrogen) atoms. The van der Waals surface area contributed by atoms with Crippen molar-refractivity contribution < 1.29 is 24.2 Å². The van der Waals surface area contributed by atoms with Crippen molar-refractivity contribution in [2.24, 2.45) is 0 Å². The Hall–Kier alpha value is -3.25. The van der Waals surface area contributed by atoms with Gasteiger partial charge in [0.25, 0.3) is 0 Å². The summed E-state index contributed by atoms with van der Waals surface area (Å²) in [6.45, 7) is 5.37. The van der Waals surface area contributed by atoms with E-state index in [-0.39, 0.29) is 34.3 Å². The van der Waals surface area contributed by atoms with E-state index in [1.807, 2.05) is 37.3 Å². The Bertz CT molecular complexity index is 1200. The zero-order valence-electron chi connectivity index (χ0n) is 19.6. The number of carbonyl (C=O) groups excluding carboxylic acids is 2. The molecule has 2 aromatic rings. The van der Waals surface area contributed by atoms with Gasteiger partial charge in [-0.2, -0.15) is 0 Å². The molecule has 2 atom stereocenters. The van der Waals surface area contributed by atoms with E-state index in [0.29, 0.717) is 35.2 Å². The number of allylic oxidation sites excluding steroid dienone is 3. The molecule has 0 amide bonds. The van der Waals surface area contributed by atoms with Crippen molar-refractivity contribution in [3.8, 4) is 11.5 Å². The number of benzene rings is 2. The van der Waals surface area contributed by atoms with E-state index in [1.54, 1.807) is 26.0 Å². The Labute approximate surface area is 204 Å². The minimum atomic E-state index is -0.696. The lowest BCUT2D eigenvalue weighted by molar-refractivity contribution is -0.143. The molecule has 2 aromatic carbocycles. The van der Waals surface area contributed by atoms with Crippen LogP contribution in [0.15, 0.2) is 65.0 Å². The van der Waals surface area contributed by atoms with Crippen molar-refractivity contribution in [1.82, 2.24) is 5.32 Å². The van der Waals surface area contributed by atoms with Crippen LogP contribution in [0.2, 0.25) is 5.02 Å². The van der Waals surface area contributed by atoms with Gasteiger partial charge in [0.1, 0.15) is 0 Å². The van der Waals surface area contributed by atoms with Crippen molar-refractivity contribution in [2.75, 3.05) is 7.11 Å². The number of halogens is 1. The highest BCUT2D eigenvalue weighted by molar-refractivity contribution is 6.32. The van der Waals surface area contributed by atoms with Crippen LogP contribution in [0.4, 0.5) is 0 Å². The largest absolute Gasteiger partial charge is 0.503 e. The number of aromatic hydroxyl groups is 1. The highest BCUT2D eigenvalue weighted by Gasteiger charge is 2.42. The number of carbonyl (C=O) groups is 2. The highest BCUT2D eigenvalue weighted by atomic mass is 35.5. The Morgan fingerprint density at radius 3 is 2.50 bits per heavy atom. The van der Waals surface area contributed by atoms with E-state index in [0.717, 1.165) is 11.3 Å². The number of ketones is 1. The quantitative estimate of drug-likeness (QED) is 0.559. The van der Waals surface area contributed by atoms with Gasteiger partial charge in [0.2, 0.25) is 0 Å². The molecule has 2 aliphatic rings. The zero-order valence-corrected chi connectivity index (χ0v) is 20.4. The summed E-state index contributed by atoms with van der Waals surface area (Å²) < 4.78 is 10.8. The molecule has 178 valence electrons. The van der Waals surface area contributed by atoms with Crippen molar-refractivity contribution in [1.29, 1.82) is 0 Å². The van der Waals surface area contributed by atoms with Gasteiger partial charge in [-0.15, -0.1) is 0 Å². The molecule has 7 heteroatoms. The predicted molar refractivity (Wildman–Crippen MR) is 130 cm³/mol. The third kappa shape index (κ3) is 4.42. The van der Waals surface area contributed by atoms with Crippen molar-refractivity contribution in [2.45, 2.75) is 51.6 Å². The number of hydrogen-bond donors (Lipinski definition) is 2. The standard InChI is InChI=1S/C27H28ClNO5/c1-14(2)34-27(32)23-15(3)29-20-11-17(16-8-6-5-7-9-16)12-21(30)25(20)24(23)18-10-19(28)26(31)22(13-18)33-4/h5-10,13-14,17,24,29,31H,11-12H2,1-4H3/t17-,24-/m1/s1. The first kappa shape index (κ1) is 23.9. The molecule has 0 saturated carbocycles. The van der Waals surface area contributed by atoms with Gasteiger partial charge < -0.3 is 19.9 Å². The monoisotopic (exact) mass is 481 g/mol. The number of rotatable bonds is 5. The second kappa shape index (κ2) is 9.55. The average Bonchev–Trinajstić information content (AvgIpc) is 2.79. The van der Waals surface area contributed by atoms with Crippen molar-refractivity contribution in [3.05, 3.63) is 81.2 Å². The van der Waals surface area contributed by atoms with E-state index < -0.39 is 11.9 Å². The van der Waals surface area contributed by atoms with Crippen LogP contribution in [-0.2, 0) is 14.3 Å². The Morgan fingerprint density at radius 2 is 1.85 bits per heavy atom. The smallest absolute Gasteiger partial charge is 0.337 e. The number of nitrogens with one attached hydrogen (secondary N) is 1. The number of dihydropyridines is 1.